The van der Waals surface area contributed by atoms with Crippen molar-refractivity contribution in [1.82, 2.24) is 9.97 Å². The van der Waals surface area contributed by atoms with Gasteiger partial charge in [0.2, 0.25) is 5.95 Å². The lowest BCUT2D eigenvalue weighted by Crippen LogP contribution is -2.09. The van der Waals surface area contributed by atoms with Gasteiger partial charge in [-0.3, -0.25) is 0 Å². The first-order valence-electron chi connectivity index (χ1n) is 8.24. The van der Waals surface area contributed by atoms with Crippen LogP contribution < -0.4 is 10.6 Å². The number of aliphatic hydroxyl groups excluding tert-OH is 1. The molecule has 0 bridgehead atoms. The number of aliphatic hydroxyl groups is 1. The first-order valence-corrected chi connectivity index (χ1v) is 8.24. The second-order valence-corrected chi connectivity index (χ2v) is 6.15. The topological polar surface area (TPSA) is 70.1 Å². The second-order valence-electron chi connectivity index (χ2n) is 6.15. The van der Waals surface area contributed by atoms with Crippen molar-refractivity contribution in [2.45, 2.75) is 39.0 Å². The number of aromatic nitrogens is 2. The lowest BCUT2D eigenvalue weighted by molar-refractivity contribution is 0.292. The highest BCUT2D eigenvalue weighted by molar-refractivity contribution is 5.63. The van der Waals surface area contributed by atoms with E-state index in [9.17, 15) is 0 Å². The molecule has 1 saturated carbocycles. The Morgan fingerprint density at radius 3 is 2.78 bits per heavy atom. The summed E-state index contributed by atoms with van der Waals surface area (Å²) in [5.74, 6) is 2.02. The summed E-state index contributed by atoms with van der Waals surface area (Å²) in [6, 6.07) is 8.28. The smallest absolute Gasteiger partial charge is 0.224 e. The third-order valence-corrected chi connectivity index (χ3v) is 4.23. The van der Waals surface area contributed by atoms with E-state index in [2.05, 4.69) is 52.6 Å². The van der Waals surface area contributed by atoms with E-state index in [-0.39, 0.29) is 6.61 Å². The fraction of sp³-hybridized carbons (Fsp3) is 0.444. The van der Waals surface area contributed by atoms with Crippen LogP contribution in [0.5, 0.6) is 0 Å². The third kappa shape index (κ3) is 3.99. The zero-order valence-electron chi connectivity index (χ0n) is 13.8. The summed E-state index contributed by atoms with van der Waals surface area (Å²) in [6.07, 6.45) is 3.10. The predicted molar refractivity (Wildman–Crippen MR) is 93.4 cm³/mol. The van der Waals surface area contributed by atoms with Crippen LogP contribution in [0.1, 0.15) is 42.0 Å². The Balaban J connectivity index is 1.83. The maximum Gasteiger partial charge on any atom is 0.224 e. The Morgan fingerprint density at radius 2 is 2.04 bits per heavy atom. The molecule has 0 aliphatic heterocycles. The van der Waals surface area contributed by atoms with Crippen molar-refractivity contribution in [3.63, 3.8) is 0 Å². The minimum atomic E-state index is 0.170. The van der Waals surface area contributed by atoms with Crippen LogP contribution in [0.3, 0.4) is 0 Å². The Hall–Kier alpha value is -2.14. The van der Waals surface area contributed by atoms with Crippen molar-refractivity contribution in [3.05, 3.63) is 41.1 Å². The zero-order valence-corrected chi connectivity index (χ0v) is 13.8. The summed E-state index contributed by atoms with van der Waals surface area (Å²) in [7, 11) is 0. The van der Waals surface area contributed by atoms with Crippen molar-refractivity contribution in [2.75, 3.05) is 23.8 Å². The average molecular weight is 312 g/mol. The zero-order chi connectivity index (χ0) is 16.2. The fourth-order valence-electron chi connectivity index (χ4n) is 2.50. The van der Waals surface area contributed by atoms with Crippen molar-refractivity contribution < 1.29 is 5.11 Å². The van der Waals surface area contributed by atoms with Crippen LogP contribution in [-0.2, 0) is 0 Å². The van der Waals surface area contributed by atoms with E-state index in [1.165, 1.54) is 24.0 Å². The summed E-state index contributed by atoms with van der Waals surface area (Å²) in [6.45, 7) is 5.06. The van der Waals surface area contributed by atoms with Gasteiger partial charge >= 0.3 is 0 Å². The molecule has 0 spiro atoms. The Morgan fingerprint density at radius 1 is 1.22 bits per heavy atom. The van der Waals surface area contributed by atoms with Gasteiger partial charge in [-0.05, 0) is 50.3 Å². The van der Waals surface area contributed by atoms with Crippen molar-refractivity contribution in [1.29, 1.82) is 0 Å². The summed E-state index contributed by atoms with van der Waals surface area (Å²) in [5.41, 5.74) is 4.66. The van der Waals surface area contributed by atoms with E-state index >= 15 is 0 Å². The highest BCUT2D eigenvalue weighted by Gasteiger charge is 2.26. The molecule has 1 aromatic carbocycles. The molecule has 0 amide bonds. The van der Waals surface area contributed by atoms with Gasteiger partial charge in [0.1, 0.15) is 5.82 Å². The quantitative estimate of drug-likeness (QED) is 0.683. The first kappa shape index (κ1) is 15.7. The van der Waals surface area contributed by atoms with Gasteiger partial charge < -0.3 is 15.7 Å². The summed E-state index contributed by atoms with van der Waals surface area (Å²) < 4.78 is 0. The van der Waals surface area contributed by atoms with Crippen LogP contribution in [0.2, 0.25) is 0 Å². The number of benzene rings is 1. The van der Waals surface area contributed by atoms with Gasteiger partial charge in [0, 0.05) is 30.8 Å². The van der Waals surface area contributed by atoms with E-state index in [0.29, 0.717) is 24.8 Å². The Kier molecular flexibility index (Phi) is 4.76. The first-order chi connectivity index (χ1) is 11.2. The molecule has 0 saturated heterocycles. The summed E-state index contributed by atoms with van der Waals surface area (Å²) in [4.78, 5) is 9.17. The van der Waals surface area contributed by atoms with Crippen LogP contribution in [0.4, 0.5) is 17.5 Å². The molecule has 5 heteroatoms. The summed E-state index contributed by atoms with van der Waals surface area (Å²) >= 11 is 0. The van der Waals surface area contributed by atoms with Crippen LogP contribution in [0.15, 0.2) is 24.3 Å². The Labute approximate surface area is 137 Å². The van der Waals surface area contributed by atoms with E-state index in [1.807, 2.05) is 6.07 Å². The normalized spacial score (nSPS) is 13.9. The van der Waals surface area contributed by atoms with E-state index in [1.54, 1.807) is 0 Å². The number of rotatable bonds is 7. The Bertz CT molecular complexity index is 683. The molecule has 1 aromatic heterocycles. The monoisotopic (exact) mass is 312 g/mol. The molecule has 1 fully saturated rings. The average Bonchev–Trinajstić information content (AvgIpc) is 3.37. The van der Waals surface area contributed by atoms with E-state index in [4.69, 9.17) is 5.11 Å². The number of hydrogen-bond acceptors (Lipinski definition) is 5. The lowest BCUT2D eigenvalue weighted by atomic mass is 10.1. The second kappa shape index (κ2) is 6.96. The van der Waals surface area contributed by atoms with E-state index < -0.39 is 0 Å². The maximum absolute atomic E-state index is 8.91. The van der Waals surface area contributed by atoms with Gasteiger partial charge in [0.15, 0.2) is 0 Å². The minimum Gasteiger partial charge on any atom is -0.396 e. The minimum absolute atomic E-state index is 0.170. The van der Waals surface area contributed by atoms with Crippen molar-refractivity contribution >= 4 is 17.5 Å². The highest BCUT2D eigenvalue weighted by Crippen LogP contribution is 2.40. The van der Waals surface area contributed by atoms with Gasteiger partial charge in [-0.1, -0.05) is 12.1 Å². The van der Waals surface area contributed by atoms with Crippen molar-refractivity contribution in [3.8, 4) is 0 Å². The van der Waals surface area contributed by atoms with Gasteiger partial charge in [0.05, 0.1) is 5.69 Å². The molecule has 2 aromatic rings. The largest absolute Gasteiger partial charge is 0.396 e. The van der Waals surface area contributed by atoms with Crippen LogP contribution >= 0.6 is 0 Å². The predicted octanol–water partition coefficient (Wildman–Crippen LogP) is 3.51. The number of nitrogens with one attached hydrogen (secondary N) is 2. The molecule has 3 rings (SSSR count). The molecule has 0 atom stereocenters. The molecule has 1 aliphatic carbocycles. The molecule has 122 valence electrons. The van der Waals surface area contributed by atoms with Gasteiger partial charge in [-0.15, -0.1) is 0 Å². The van der Waals surface area contributed by atoms with Gasteiger partial charge in [-0.25, -0.2) is 4.98 Å². The number of aryl methyl sites for hydroxylation is 1. The number of nitrogens with zero attached hydrogens (tertiary/aromatic N) is 2. The summed E-state index contributed by atoms with van der Waals surface area (Å²) in [5, 5.41) is 15.5. The molecule has 23 heavy (non-hydrogen) atoms. The molecular formula is C18H24N4O. The fourth-order valence-corrected chi connectivity index (χ4v) is 2.50. The van der Waals surface area contributed by atoms with Crippen LogP contribution in [-0.4, -0.2) is 28.2 Å². The maximum atomic E-state index is 8.91. The van der Waals surface area contributed by atoms with E-state index in [0.717, 1.165) is 17.2 Å². The number of anilines is 3. The highest BCUT2D eigenvalue weighted by atomic mass is 16.3. The molecule has 1 heterocycles. The van der Waals surface area contributed by atoms with Gasteiger partial charge in [0.25, 0.3) is 0 Å². The van der Waals surface area contributed by atoms with Crippen molar-refractivity contribution in [2.24, 2.45) is 0 Å². The molecule has 0 radical (unpaired) electrons. The van der Waals surface area contributed by atoms with Gasteiger partial charge in [-0.2, -0.15) is 4.98 Å². The molecule has 1 aliphatic rings. The van der Waals surface area contributed by atoms with Crippen LogP contribution in [0.25, 0.3) is 0 Å². The van der Waals surface area contributed by atoms with Crippen LogP contribution in [0, 0.1) is 13.8 Å². The molecule has 5 nitrogen and oxygen atoms in total. The third-order valence-electron chi connectivity index (χ3n) is 4.23. The standard InChI is InChI=1S/C18H24N4O/c1-12-5-3-6-15(13(12)2)20-17-11-16(14-7-8-14)21-18(22-17)19-9-4-10-23/h3,5-6,11,14,23H,4,7-10H2,1-2H3,(H2,19,20,21,22). The SMILES string of the molecule is Cc1cccc(Nc2cc(C3CC3)nc(NCCCO)n2)c1C. The molecule has 0 unspecified atom stereocenters. The molecular weight excluding hydrogens is 288 g/mol. The number of hydrogen-bond donors (Lipinski definition) is 3. The lowest BCUT2D eigenvalue weighted by Gasteiger charge is -2.13. The molecule has 3 N–H and O–H groups in total.